The smallest absolute Gasteiger partial charge is 0.417 e. The third-order valence-corrected chi connectivity index (χ3v) is 5.20. The molecule has 1 fully saturated rings. The number of nitrogens with zero attached hydrogens (tertiary/aromatic N) is 1. The van der Waals surface area contributed by atoms with Crippen LogP contribution in [0.5, 0.6) is 5.75 Å². The van der Waals surface area contributed by atoms with Crippen molar-refractivity contribution in [3.8, 4) is 5.75 Å². The molecule has 1 aromatic rings. The van der Waals surface area contributed by atoms with E-state index in [1.807, 2.05) is 24.3 Å². The molecule has 0 saturated heterocycles. The second-order valence-corrected chi connectivity index (χ2v) is 7.58. The largest absolute Gasteiger partial charge is 0.493 e. The van der Waals surface area contributed by atoms with Crippen molar-refractivity contribution in [3.05, 3.63) is 54.4 Å². The fourth-order valence-corrected chi connectivity index (χ4v) is 3.46. The molecule has 6 heteroatoms. The van der Waals surface area contributed by atoms with E-state index in [0.29, 0.717) is 39.1 Å². The molecule has 0 N–H and O–H groups in total. The molecular weight excluding hydrogens is 382 g/mol. The van der Waals surface area contributed by atoms with Gasteiger partial charge >= 0.3 is 6.09 Å². The van der Waals surface area contributed by atoms with Crippen LogP contribution in [0.2, 0.25) is 0 Å². The summed E-state index contributed by atoms with van der Waals surface area (Å²) in [5.74, 6) is 0.813. The highest BCUT2D eigenvalue weighted by Gasteiger charge is 2.13. The number of allylic oxidation sites excluding steroid dienone is 2. The van der Waals surface area contributed by atoms with Gasteiger partial charge in [0.05, 0.1) is 25.9 Å². The molecule has 3 rings (SSSR count). The van der Waals surface area contributed by atoms with Crippen molar-refractivity contribution in [2.45, 2.75) is 57.5 Å². The number of hydrogen-bond donors (Lipinski definition) is 0. The monoisotopic (exact) mass is 415 g/mol. The predicted octanol–water partition coefficient (Wildman–Crippen LogP) is 5.19. The zero-order valence-corrected chi connectivity index (χ0v) is 17.7. The van der Waals surface area contributed by atoms with Crippen LogP contribution < -0.4 is 4.74 Å². The highest BCUT2D eigenvalue weighted by Crippen LogP contribution is 2.20. The van der Waals surface area contributed by atoms with Crippen molar-refractivity contribution in [3.63, 3.8) is 0 Å². The Morgan fingerprint density at radius 1 is 0.967 bits per heavy atom. The molecule has 1 aliphatic heterocycles. The summed E-state index contributed by atoms with van der Waals surface area (Å²) >= 11 is 0. The van der Waals surface area contributed by atoms with Gasteiger partial charge in [-0.15, -0.1) is 0 Å². The summed E-state index contributed by atoms with van der Waals surface area (Å²) in [6.45, 7) is 1.87. The number of ether oxygens (including phenoxy) is 4. The maximum Gasteiger partial charge on any atom is 0.417 e. The molecule has 164 valence electrons. The van der Waals surface area contributed by atoms with E-state index in [2.05, 4.69) is 12.1 Å². The average molecular weight is 416 g/mol. The first-order valence-electron chi connectivity index (χ1n) is 11.0. The minimum absolute atomic E-state index is 0.329. The van der Waals surface area contributed by atoms with E-state index < -0.39 is 0 Å². The molecule has 1 aromatic carbocycles. The van der Waals surface area contributed by atoms with E-state index in [-0.39, 0.29) is 6.09 Å². The lowest BCUT2D eigenvalue weighted by atomic mass is 9.98. The fraction of sp³-hybridized carbons (Fsp3) is 0.542. The first-order chi connectivity index (χ1) is 14.8. The van der Waals surface area contributed by atoms with Crippen LogP contribution in [0.15, 0.2) is 48.8 Å². The Balaban J connectivity index is 1.21. The van der Waals surface area contributed by atoms with Crippen LogP contribution in [0.3, 0.4) is 0 Å². The van der Waals surface area contributed by atoms with Crippen molar-refractivity contribution in [1.82, 2.24) is 4.90 Å². The maximum absolute atomic E-state index is 11.8. The van der Waals surface area contributed by atoms with Crippen LogP contribution in [0, 0.1) is 0 Å². The van der Waals surface area contributed by atoms with Gasteiger partial charge in [-0.3, -0.25) is 4.90 Å². The van der Waals surface area contributed by atoms with Gasteiger partial charge in [0.25, 0.3) is 0 Å². The number of hydrogen-bond acceptors (Lipinski definition) is 5. The van der Waals surface area contributed by atoms with Gasteiger partial charge in [-0.05, 0) is 43.4 Å². The SMILES string of the molecule is O=C(OCCCOc1ccc(CCOCOC2CCCCC2)cc1)N1C=CCC=C1. The van der Waals surface area contributed by atoms with E-state index in [1.165, 1.54) is 42.6 Å². The summed E-state index contributed by atoms with van der Waals surface area (Å²) < 4.78 is 22.3. The Labute approximate surface area is 179 Å². The van der Waals surface area contributed by atoms with Crippen molar-refractivity contribution in [1.29, 1.82) is 0 Å². The van der Waals surface area contributed by atoms with E-state index >= 15 is 0 Å². The Morgan fingerprint density at radius 3 is 2.50 bits per heavy atom. The standard InChI is InChI=1S/C24H33NO5/c26-24(25-15-5-2-6-16-25)29-18-7-17-28-23-12-10-21(11-13-23)14-19-27-20-30-22-8-3-1-4-9-22/h5-6,10-13,15-16,22H,1-4,7-9,14,17-20H2. The number of benzene rings is 1. The van der Waals surface area contributed by atoms with Gasteiger partial charge < -0.3 is 18.9 Å². The molecule has 0 bridgehead atoms. The molecule has 0 aromatic heterocycles. The lowest BCUT2D eigenvalue weighted by Gasteiger charge is -2.21. The van der Waals surface area contributed by atoms with E-state index in [4.69, 9.17) is 18.9 Å². The second-order valence-electron chi connectivity index (χ2n) is 7.58. The predicted molar refractivity (Wildman–Crippen MR) is 115 cm³/mol. The summed E-state index contributed by atoms with van der Waals surface area (Å²) in [6.07, 6.45) is 15.8. The van der Waals surface area contributed by atoms with Gasteiger partial charge in [0.1, 0.15) is 12.5 Å². The van der Waals surface area contributed by atoms with Crippen LogP contribution in [-0.2, 0) is 20.6 Å². The fourth-order valence-electron chi connectivity index (χ4n) is 3.46. The third kappa shape index (κ3) is 8.20. The Morgan fingerprint density at radius 2 is 1.73 bits per heavy atom. The zero-order chi connectivity index (χ0) is 20.9. The molecule has 1 heterocycles. The Kier molecular flexibility index (Phi) is 9.76. The lowest BCUT2D eigenvalue weighted by Crippen LogP contribution is -2.23. The van der Waals surface area contributed by atoms with Gasteiger partial charge in [-0.2, -0.15) is 0 Å². The zero-order valence-electron chi connectivity index (χ0n) is 17.7. The quantitative estimate of drug-likeness (QED) is 0.368. The van der Waals surface area contributed by atoms with Crippen molar-refractivity contribution in [2.75, 3.05) is 26.6 Å². The number of amides is 1. The molecule has 1 aliphatic carbocycles. The molecule has 1 saturated carbocycles. The normalized spacial score (nSPS) is 16.6. The van der Waals surface area contributed by atoms with Crippen LogP contribution in [0.25, 0.3) is 0 Å². The molecule has 1 amide bonds. The number of rotatable bonds is 11. The van der Waals surface area contributed by atoms with Crippen LogP contribution in [0.1, 0.15) is 50.5 Å². The van der Waals surface area contributed by atoms with Crippen LogP contribution >= 0.6 is 0 Å². The summed E-state index contributed by atoms with van der Waals surface area (Å²) in [7, 11) is 0. The molecule has 0 spiro atoms. The van der Waals surface area contributed by atoms with E-state index in [0.717, 1.165) is 18.6 Å². The molecular formula is C24H33NO5. The molecule has 30 heavy (non-hydrogen) atoms. The van der Waals surface area contributed by atoms with E-state index in [9.17, 15) is 4.79 Å². The minimum Gasteiger partial charge on any atom is -0.493 e. The van der Waals surface area contributed by atoms with Crippen molar-refractivity contribution in [2.24, 2.45) is 0 Å². The summed E-state index contributed by atoms with van der Waals surface area (Å²) in [5.41, 5.74) is 1.21. The first-order valence-corrected chi connectivity index (χ1v) is 11.0. The summed E-state index contributed by atoms with van der Waals surface area (Å²) in [4.78, 5) is 13.3. The maximum atomic E-state index is 11.8. The Hall–Kier alpha value is -2.31. The van der Waals surface area contributed by atoms with Crippen LogP contribution in [0.4, 0.5) is 4.79 Å². The topological polar surface area (TPSA) is 57.2 Å². The van der Waals surface area contributed by atoms with Gasteiger partial charge in [-0.25, -0.2) is 4.79 Å². The van der Waals surface area contributed by atoms with Crippen molar-refractivity contribution >= 4 is 6.09 Å². The summed E-state index contributed by atoms with van der Waals surface area (Å²) in [6, 6.07) is 8.03. The molecule has 0 atom stereocenters. The highest BCUT2D eigenvalue weighted by molar-refractivity contribution is 5.70. The Bertz CT molecular complexity index is 667. The minimum atomic E-state index is -0.363. The summed E-state index contributed by atoms with van der Waals surface area (Å²) in [5, 5.41) is 0. The third-order valence-electron chi connectivity index (χ3n) is 5.20. The second kappa shape index (κ2) is 13.1. The van der Waals surface area contributed by atoms with Crippen LogP contribution in [-0.4, -0.2) is 43.7 Å². The molecule has 0 unspecified atom stereocenters. The van der Waals surface area contributed by atoms with Crippen molar-refractivity contribution < 1.29 is 23.7 Å². The average Bonchev–Trinajstić information content (AvgIpc) is 2.80. The van der Waals surface area contributed by atoms with Gasteiger partial charge in [0.2, 0.25) is 0 Å². The van der Waals surface area contributed by atoms with E-state index in [1.54, 1.807) is 12.4 Å². The highest BCUT2D eigenvalue weighted by atomic mass is 16.7. The first kappa shape index (κ1) is 22.4. The number of carbonyl (C=O) groups excluding carboxylic acids is 1. The molecule has 0 radical (unpaired) electrons. The number of carbonyl (C=O) groups is 1. The molecule has 6 nitrogen and oxygen atoms in total. The van der Waals surface area contributed by atoms with Gasteiger partial charge in [0.15, 0.2) is 0 Å². The van der Waals surface area contributed by atoms with Gasteiger partial charge in [0, 0.05) is 18.8 Å². The lowest BCUT2D eigenvalue weighted by molar-refractivity contribution is -0.0975. The van der Waals surface area contributed by atoms with Gasteiger partial charge in [-0.1, -0.05) is 43.5 Å². The molecule has 2 aliphatic rings.